The van der Waals surface area contributed by atoms with E-state index in [9.17, 15) is 24.6 Å². The maximum absolute atomic E-state index is 14.3. The van der Waals surface area contributed by atoms with Gasteiger partial charge in [0.2, 0.25) is 11.8 Å². The molecule has 2 aromatic carbocycles. The van der Waals surface area contributed by atoms with E-state index in [2.05, 4.69) is 57.7 Å². The van der Waals surface area contributed by atoms with E-state index in [0.717, 1.165) is 107 Å². The number of urea groups is 1. The molecule has 3 aromatic rings. The summed E-state index contributed by atoms with van der Waals surface area (Å²) in [6, 6.07) is 16.3. The smallest absolute Gasteiger partial charge is 0.318 e. The van der Waals surface area contributed by atoms with Crippen molar-refractivity contribution in [2.45, 2.75) is 109 Å². The molecule has 6 aliphatic heterocycles. The summed E-state index contributed by atoms with van der Waals surface area (Å²) in [5.41, 5.74) is 3.44. The zero-order valence-corrected chi connectivity index (χ0v) is 40.2. The Morgan fingerprint density at radius 2 is 1.60 bits per heavy atom. The number of benzene rings is 2. The first-order chi connectivity index (χ1) is 32.8. The van der Waals surface area contributed by atoms with Crippen molar-refractivity contribution < 1.29 is 24.6 Å². The highest BCUT2D eigenvalue weighted by Crippen LogP contribution is 2.37. The molecule has 1 aromatic heterocycles. The Balaban J connectivity index is 0.713. The fraction of sp³-hybridized carbons (Fsp3) is 0.596. The number of aliphatic hydroxyl groups excluding tert-OH is 1. The number of carbonyl (C=O) groups is 3. The number of fused-ring (bicyclic) bond motifs is 3. The fourth-order valence-corrected chi connectivity index (χ4v) is 11.7. The molecule has 0 spiro atoms. The number of hydrogen-bond donors (Lipinski definition) is 5. The Kier molecular flexibility index (Phi) is 14.4. The number of para-hydroxylation sites is 1. The van der Waals surface area contributed by atoms with Crippen molar-refractivity contribution in [1.29, 1.82) is 0 Å². The van der Waals surface area contributed by atoms with E-state index in [1.54, 1.807) is 6.07 Å². The molecule has 5 fully saturated rings. The van der Waals surface area contributed by atoms with Gasteiger partial charge in [-0.1, -0.05) is 51.0 Å². The monoisotopic (exact) mass is 930 g/mol. The summed E-state index contributed by atoms with van der Waals surface area (Å²) in [5, 5.41) is 39.6. The molecule has 16 nitrogen and oxygen atoms in total. The van der Waals surface area contributed by atoms with Crippen molar-refractivity contribution in [3.8, 4) is 29.4 Å². The van der Waals surface area contributed by atoms with Crippen molar-refractivity contribution in [2.75, 3.05) is 88.8 Å². The number of phenols is 1. The number of aliphatic hydroxyl groups is 1. The van der Waals surface area contributed by atoms with Gasteiger partial charge >= 0.3 is 6.03 Å². The third-order valence-electron chi connectivity index (χ3n) is 15.5. The van der Waals surface area contributed by atoms with Gasteiger partial charge in [-0.3, -0.25) is 14.5 Å². The molecule has 5 atom stereocenters. The zero-order chi connectivity index (χ0) is 47.5. The fourth-order valence-electron chi connectivity index (χ4n) is 11.7. The molecule has 6 aliphatic rings. The minimum atomic E-state index is -0.878. The molecular weight excluding hydrogens is 859 g/mol. The second-order valence-corrected chi connectivity index (χ2v) is 21.2. The van der Waals surface area contributed by atoms with E-state index in [-0.39, 0.29) is 43.1 Å². The number of nitrogens with zero attached hydrogens (tertiary/aromatic N) is 8. The number of aromatic nitrogens is 2. The van der Waals surface area contributed by atoms with Crippen LogP contribution in [0.1, 0.15) is 76.8 Å². The number of likely N-dealkylation sites (tertiary alicyclic amines) is 4. The number of phenolic OH excluding ortho intramolecular Hbond substituents is 1. The second-order valence-electron chi connectivity index (χ2n) is 21.2. The molecule has 5 N–H and O–H groups in total. The van der Waals surface area contributed by atoms with Crippen LogP contribution >= 0.6 is 0 Å². The molecule has 9 rings (SSSR count). The number of piperazine rings is 1. The molecule has 68 heavy (non-hydrogen) atoms. The predicted octanol–water partition coefficient (Wildman–Crippen LogP) is 3.79. The molecule has 4 amide bonds. The van der Waals surface area contributed by atoms with E-state index in [1.165, 1.54) is 17.7 Å². The number of β-amino-alcohol motifs (C(OH)–C–C–N with tert-alkyl or cyclic N) is 1. The summed E-state index contributed by atoms with van der Waals surface area (Å²) in [6.45, 7) is 16.6. The minimum absolute atomic E-state index is 0.0335. The normalized spacial score (nSPS) is 24.9. The van der Waals surface area contributed by atoms with E-state index >= 15 is 0 Å². The van der Waals surface area contributed by atoms with Crippen LogP contribution in [0.3, 0.4) is 0 Å². The standard InChI is InChI=1S/C52H71N11O5/c1-5-35-12-14-36(15-13-35)29-54-49(66)45-27-41(64)34-63(45)50(67)47(52(2,3)4)55-51(68)61-20-8-9-37(32-61)31-58-21-16-38(17-22-58)59-23-18-39(19-24-59)60-25-26-62-40(33-60)30-53-48-44(62)28-43(56-57-48)42-10-6-7-11-46(42)65/h1,6-7,10-15,28,37-41,45,47,64-65H,8-9,16-27,29-34H2,2-4H3,(H,53,57)(H,54,66)(H,55,68)/t37-,40-,41+,45-,47+/m0/s1. The number of terminal acetylenes is 1. The van der Waals surface area contributed by atoms with E-state index in [4.69, 9.17) is 6.42 Å². The van der Waals surface area contributed by atoms with Crippen molar-refractivity contribution in [2.24, 2.45) is 11.3 Å². The van der Waals surface area contributed by atoms with Gasteiger partial charge in [-0.2, -0.15) is 0 Å². The highest BCUT2D eigenvalue weighted by molar-refractivity contribution is 5.93. The lowest BCUT2D eigenvalue weighted by atomic mass is 9.85. The molecule has 364 valence electrons. The van der Waals surface area contributed by atoms with Crippen LogP contribution < -0.4 is 20.9 Å². The maximum Gasteiger partial charge on any atom is 0.318 e. The Bertz CT molecular complexity index is 2300. The van der Waals surface area contributed by atoms with Crippen molar-refractivity contribution in [3.05, 3.63) is 65.7 Å². The molecule has 5 saturated heterocycles. The molecule has 0 radical (unpaired) electrons. The summed E-state index contributed by atoms with van der Waals surface area (Å²) >= 11 is 0. The van der Waals surface area contributed by atoms with Crippen molar-refractivity contribution in [1.82, 2.24) is 45.3 Å². The lowest BCUT2D eigenvalue weighted by molar-refractivity contribution is -0.142. The quantitative estimate of drug-likeness (QED) is 0.187. The van der Waals surface area contributed by atoms with Gasteiger partial charge < -0.3 is 50.7 Å². The van der Waals surface area contributed by atoms with Crippen LogP contribution in [0, 0.1) is 23.7 Å². The first-order valence-corrected chi connectivity index (χ1v) is 25.1. The topological polar surface area (TPSA) is 173 Å². The first kappa shape index (κ1) is 47.6. The van der Waals surface area contributed by atoms with E-state index < -0.39 is 23.6 Å². The third-order valence-corrected chi connectivity index (χ3v) is 15.5. The average molecular weight is 930 g/mol. The lowest BCUT2D eigenvalue weighted by Gasteiger charge is -2.50. The largest absolute Gasteiger partial charge is 0.507 e. The Morgan fingerprint density at radius 1 is 0.868 bits per heavy atom. The predicted molar refractivity (Wildman–Crippen MR) is 263 cm³/mol. The minimum Gasteiger partial charge on any atom is -0.507 e. The van der Waals surface area contributed by atoms with Crippen LogP contribution in [-0.4, -0.2) is 178 Å². The van der Waals surface area contributed by atoms with Crippen LogP contribution in [0.2, 0.25) is 0 Å². The highest BCUT2D eigenvalue weighted by Gasteiger charge is 2.45. The van der Waals surface area contributed by atoms with Gasteiger partial charge in [0.15, 0.2) is 5.82 Å². The van der Waals surface area contributed by atoms with Crippen LogP contribution in [0.4, 0.5) is 16.3 Å². The number of piperidine rings is 3. The van der Waals surface area contributed by atoms with Gasteiger partial charge in [-0.15, -0.1) is 16.6 Å². The number of aromatic hydroxyl groups is 1. The Hall–Kier alpha value is -5.47. The van der Waals surface area contributed by atoms with Gasteiger partial charge in [-0.25, -0.2) is 4.79 Å². The zero-order valence-electron chi connectivity index (χ0n) is 40.2. The van der Waals surface area contributed by atoms with Crippen LogP contribution in [0.5, 0.6) is 5.75 Å². The number of nitrogens with one attached hydrogen (secondary N) is 3. The number of rotatable bonds is 10. The maximum atomic E-state index is 14.3. The van der Waals surface area contributed by atoms with Crippen LogP contribution in [0.25, 0.3) is 11.3 Å². The van der Waals surface area contributed by atoms with Crippen molar-refractivity contribution >= 4 is 29.4 Å². The molecule has 0 unspecified atom stereocenters. The lowest BCUT2D eigenvalue weighted by Crippen LogP contribution is -2.61. The molecule has 0 bridgehead atoms. The summed E-state index contributed by atoms with van der Waals surface area (Å²) < 4.78 is 0. The second kappa shape index (κ2) is 20.6. The van der Waals surface area contributed by atoms with Crippen molar-refractivity contribution in [3.63, 3.8) is 0 Å². The summed E-state index contributed by atoms with van der Waals surface area (Å²) in [6.07, 6.45) is 11.5. The number of amides is 4. The number of carbonyl (C=O) groups excluding carboxylic acids is 3. The Morgan fingerprint density at radius 3 is 2.34 bits per heavy atom. The molecule has 0 aliphatic carbocycles. The SMILES string of the molecule is C#Cc1ccc(CNC(=O)[C@@H]2C[C@@H](O)CN2C(=O)[C@@H](NC(=O)N2CCC[C@@H](CN3CCC(N4CCC(N5CCN6c7cc(-c8ccccc8O)nnc7NC[C@H]6C5)CC4)CC3)C2)C(C)(C)C)cc1. The van der Waals surface area contributed by atoms with Gasteiger partial charge in [-0.05, 0) is 112 Å². The van der Waals surface area contributed by atoms with E-state index in [0.29, 0.717) is 48.4 Å². The number of hydrogen-bond acceptors (Lipinski definition) is 12. The average Bonchev–Trinajstić information content (AvgIpc) is 3.76. The Labute approximate surface area is 401 Å². The third kappa shape index (κ3) is 10.7. The highest BCUT2D eigenvalue weighted by atomic mass is 16.3. The number of anilines is 2. The van der Waals surface area contributed by atoms with Gasteiger partial charge in [0.25, 0.3) is 0 Å². The van der Waals surface area contributed by atoms with Crippen LogP contribution in [-0.2, 0) is 16.1 Å². The first-order valence-electron chi connectivity index (χ1n) is 25.1. The molecular formula is C52H71N11O5. The van der Waals surface area contributed by atoms with Gasteiger partial charge in [0, 0.05) is 88.5 Å². The van der Waals surface area contributed by atoms with Gasteiger partial charge in [0.1, 0.15) is 17.8 Å². The van der Waals surface area contributed by atoms with Crippen LogP contribution in [0.15, 0.2) is 54.6 Å². The summed E-state index contributed by atoms with van der Waals surface area (Å²) in [5.74, 6) is 3.28. The molecule has 16 heteroatoms. The molecule has 7 heterocycles. The summed E-state index contributed by atoms with van der Waals surface area (Å²) in [4.78, 5) is 55.6. The summed E-state index contributed by atoms with van der Waals surface area (Å²) in [7, 11) is 0. The van der Waals surface area contributed by atoms with E-state index in [1.807, 2.05) is 68.1 Å². The van der Waals surface area contributed by atoms with Gasteiger partial charge in [0.05, 0.1) is 23.5 Å². The molecule has 0 saturated carbocycles.